The van der Waals surface area contributed by atoms with Gasteiger partial charge in [0.05, 0.1) is 24.3 Å². The molecule has 148 valence electrons. The predicted octanol–water partition coefficient (Wildman–Crippen LogP) is 4.64. The minimum atomic E-state index is -0.247. The lowest BCUT2D eigenvalue weighted by atomic mass is 10.2. The minimum absolute atomic E-state index is 0.0887. The van der Waals surface area contributed by atoms with Crippen LogP contribution in [0.4, 0.5) is 5.69 Å². The summed E-state index contributed by atoms with van der Waals surface area (Å²) in [6.07, 6.45) is 1.89. The topological polar surface area (TPSA) is 59.6 Å². The van der Waals surface area contributed by atoms with Crippen molar-refractivity contribution in [3.63, 3.8) is 0 Å². The lowest BCUT2D eigenvalue weighted by molar-refractivity contribution is -0.116. The minimum Gasteiger partial charge on any atom is -0.495 e. The van der Waals surface area contributed by atoms with Gasteiger partial charge in [0.2, 0.25) is 0 Å². The van der Waals surface area contributed by atoms with E-state index in [9.17, 15) is 4.79 Å². The number of hydrogen-bond acceptors (Lipinski definition) is 5. The van der Waals surface area contributed by atoms with Gasteiger partial charge in [-0.25, -0.2) is 0 Å². The highest BCUT2D eigenvalue weighted by Gasteiger charge is 2.27. The van der Waals surface area contributed by atoms with Crippen molar-refractivity contribution < 1.29 is 14.3 Å². The zero-order valence-corrected chi connectivity index (χ0v) is 17.4. The first-order chi connectivity index (χ1) is 13.4. The fraction of sp³-hybridized carbons (Fsp3) is 0.318. The predicted molar refractivity (Wildman–Crippen MR) is 116 cm³/mol. The number of hydrogen-bond donors (Lipinski definition) is 2. The Morgan fingerprint density at radius 1 is 1.21 bits per heavy atom. The van der Waals surface area contributed by atoms with Gasteiger partial charge in [0.15, 0.2) is 5.50 Å². The number of methoxy groups -OCH3 is 1. The van der Waals surface area contributed by atoms with E-state index in [1.165, 1.54) is 11.8 Å². The summed E-state index contributed by atoms with van der Waals surface area (Å²) >= 11 is 1.45. The molecule has 1 atom stereocenters. The van der Waals surface area contributed by atoms with Crippen LogP contribution in [0.2, 0.25) is 0 Å². The van der Waals surface area contributed by atoms with Crippen LogP contribution in [0.1, 0.15) is 25.0 Å². The Balaban J connectivity index is 1.66. The number of carbonyl (C=O) groups excluding carboxylic acids is 1. The number of aryl methyl sites for hydroxylation is 1. The molecule has 2 aromatic carbocycles. The maximum absolute atomic E-state index is 12.3. The highest BCUT2D eigenvalue weighted by molar-refractivity contribution is 8.05. The summed E-state index contributed by atoms with van der Waals surface area (Å²) in [5, 5.41) is 6.28. The lowest BCUT2D eigenvalue weighted by Gasteiger charge is -2.16. The molecular formula is C22H26N2O3S. The van der Waals surface area contributed by atoms with Crippen LogP contribution < -0.4 is 20.1 Å². The van der Waals surface area contributed by atoms with E-state index in [-0.39, 0.29) is 11.4 Å². The molecule has 2 N–H and O–H groups in total. The van der Waals surface area contributed by atoms with Gasteiger partial charge in [-0.3, -0.25) is 4.79 Å². The third kappa shape index (κ3) is 5.23. The van der Waals surface area contributed by atoms with Crippen LogP contribution in [0.5, 0.6) is 11.5 Å². The number of rotatable bonds is 7. The molecule has 1 fully saturated rings. The zero-order chi connectivity index (χ0) is 20.1. The van der Waals surface area contributed by atoms with Crippen molar-refractivity contribution in [1.82, 2.24) is 5.32 Å². The number of thioether (sulfide) groups is 1. The molecule has 1 aliphatic heterocycles. The Kier molecular flexibility index (Phi) is 6.52. The number of amides is 1. The maximum atomic E-state index is 12.3. The van der Waals surface area contributed by atoms with Gasteiger partial charge in [-0.2, -0.15) is 0 Å². The molecule has 1 heterocycles. The SMILES string of the molecule is COc1ccc(C)cc1NC1NC(=O)/C(=C/c2ccc(OCC(C)C)cc2)S1. The maximum Gasteiger partial charge on any atom is 0.260 e. The molecule has 2 aromatic rings. The molecule has 28 heavy (non-hydrogen) atoms. The van der Waals surface area contributed by atoms with E-state index in [0.29, 0.717) is 17.4 Å². The van der Waals surface area contributed by atoms with E-state index in [1.807, 2.05) is 55.5 Å². The van der Waals surface area contributed by atoms with Crippen molar-refractivity contribution in [2.75, 3.05) is 19.0 Å². The normalized spacial score (nSPS) is 17.7. The Morgan fingerprint density at radius 2 is 1.96 bits per heavy atom. The summed E-state index contributed by atoms with van der Waals surface area (Å²) in [5.41, 5.74) is 2.69. The second-order valence-corrected chi connectivity index (χ2v) is 8.25. The van der Waals surface area contributed by atoms with E-state index >= 15 is 0 Å². The molecular weight excluding hydrogens is 372 g/mol. The molecule has 1 saturated heterocycles. The average molecular weight is 399 g/mol. The van der Waals surface area contributed by atoms with Crippen LogP contribution >= 0.6 is 11.8 Å². The van der Waals surface area contributed by atoms with Gasteiger partial charge >= 0.3 is 0 Å². The molecule has 0 aliphatic carbocycles. The van der Waals surface area contributed by atoms with E-state index in [4.69, 9.17) is 9.47 Å². The number of nitrogens with one attached hydrogen (secondary N) is 2. The fourth-order valence-corrected chi connectivity index (χ4v) is 3.69. The molecule has 3 rings (SSSR count). The van der Waals surface area contributed by atoms with Crippen molar-refractivity contribution >= 4 is 29.4 Å². The summed E-state index contributed by atoms with van der Waals surface area (Å²) in [5.74, 6) is 1.98. The molecule has 0 saturated carbocycles. The zero-order valence-electron chi connectivity index (χ0n) is 16.6. The van der Waals surface area contributed by atoms with Gasteiger partial charge in [-0.1, -0.05) is 43.8 Å². The van der Waals surface area contributed by atoms with E-state index in [0.717, 1.165) is 28.3 Å². The molecule has 0 bridgehead atoms. The molecule has 0 spiro atoms. The summed E-state index contributed by atoms with van der Waals surface area (Å²) < 4.78 is 11.1. The smallest absolute Gasteiger partial charge is 0.260 e. The lowest BCUT2D eigenvalue weighted by Crippen LogP contribution is -2.31. The van der Waals surface area contributed by atoms with Crippen molar-refractivity contribution in [3.05, 3.63) is 58.5 Å². The fourth-order valence-electron chi connectivity index (χ4n) is 2.72. The van der Waals surface area contributed by atoms with Crippen LogP contribution in [-0.2, 0) is 4.79 Å². The first-order valence-electron chi connectivity index (χ1n) is 9.28. The largest absolute Gasteiger partial charge is 0.495 e. The summed E-state index contributed by atoms with van der Waals surface area (Å²) in [4.78, 5) is 13.0. The Bertz CT molecular complexity index is 863. The van der Waals surface area contributed by atoms with Crippen LogP contribution in [0.3, 0.4) is 0 Å². The van der Waals surface area contributed by atoms with E-state index in [2.05, 4.69) is 24.5 Å². The summed E-state index contributed by atoms with van der Waals surface area (Å²) in [6, 6.07) is 13.7. The van der Waals surface area contributed by atoms with Crippen molar-refractivity contribution in [1.29, 1.82) is 0 Å². The van der Waals surface area contributed by atoms with Gasteiger partial charge in [-0.15, -0.1) is 0 Å². The van der Waals surface area contributed by atoms with Crippen molar-refractivity contribution in [2.24, 2.45) is 5.92 Å². The Hall–Kier alpha value is -2.60. The average Bonchev–Trinajstić information content (AvgIpc) is 3.00. The molecule has 6 heteroatoms. The number of benzene rings is 2. The number of ether oxygens (including phenoxy) is 2. The second kappa shape index (κ2) is 9.06. The van der Waals surface area contributed by atoms with Gasteiger partial charge in [0, 0.05) is 0 Å². The summed E-state index contributed by atoms with van der Waals surface area (Å²) in [7, 11) is 1.64. The van der Waals surface area contributed by atoms with Crippen LogP contribution in [0, 0.1) is 12.8 Å². The Labute approximate surface area is 170 Å². The third-order valence-electron chi connectivity index (χ3n) is 4.13. The van der Waals surface area contributed by atoms with Crippen LogP contribution in [-0.4, -0.2) is 25.1 Å². The van der Waals surface area contributed by atoms with Crippen LogP contribution in [0.15, 0.2) is 47.4 Å². The van der Waals surface area contributed by atoms with E-state index in [1.54, 1.807) is 7.11 Å². The number of carbonyl (C=O) groups is 1. The third-order valence-corrected chi connectivity index (χ3v) is 5.16. The molecule has 1 unspecified atom stereocenters. The molecule has 5 nitrogen and oxygen atoms in total. The van der Waals surface area contributed by atoms with Crippen molar-refractivity contribution in [3.8, 4) is 11.5 Å². The molecule has 0 aromatic heterocycles. The quantitative estimate of drug-likeness (QED) is 0.666. The highest BCUT2D eigenvalue weighted by atomic mass is 32.2. The van der Waals surface area contributed by atoms with Gasteiger partial charge < -0.3 is 20.1 Å². The van der Waals surface area contributed by atoms with Gasteiger partial charge in [0.1, 0.15) is 11.5 Å². The molecule has 1 aliphatic rings. The standard InChI is InChI=1S/C22H26N2O3S/c1-14(2)13-27-17-8-6-16(7-9-17)12-20-21(25)24-22(28-20)23-18-11-15(3)5-10-19(18)26-4/h5-12,14,22-23H,13H2,1-4H3,(H,24,25)/b20-12-. The first-order valence-corrected chi connectivity index (χ1v) is 10.2. The van der Waals surface area contributed by atoms with Gasteiger partial charge in [-0.05, 0) is 54.3 Å². The molecule has 0 radical (unpaired) electrons. The van der Waals surface area contributed by atoms with Gasteiger partial charge in [0.25, 0.3) is 5.91 Å². The van der Waals surface area contributed by atoms with Crippen molar-refractivity contribution in [2.45, 2.75) is 26.3 Å². The number of anilines is 1. The Morgan fingerprint density at radius 3 is 2.64 bits per heavy atom. The van der Waals surface area contributed by atoms with Crippen LogP contribution in [0.25, 0.3) is 6.08 Å². The monoisotopic (exact) mass is 398 g/mol. The van der Waals surface area contributed by atoms with E-state index < -0.39 is 0 Å². The first kappa shape index (κ1) is 20.1. The summed E-state index contributed by atoms with van der Waals surface area (Å²) in [6.45, 7) is 6.94. The molecule has 1 amide bonds. The highest BCUT2D eigenvalue weighted by Crippen LogP contribution is 2.33. The second-order valence-electron chi connectivity index (χ2n) is 7.10.